The molecule has 4 aromatic rings. The van der Waals surface area contributed by atoms with Crippen molar-refractivity contribution < 1.29 is 9.53 Å². The lowest BCUT2D eigenvalue weighted by Crippen LogP contribution is -2.25. The van der Waals surface area contributed by atoms with Gasteiger partial charge in [-0.3, -0.25) is 4.79 Å². The zero-order valence-corrected chi connectivity index (χ0v) is 17.8. The number of nitrogens with one attached hydrogen (secondary N) is 1. The molecule has 0 fully saturated rings. The Morgan fingerprint density at radius 2 is 1.81 bits per heavy atom. The minimum Gasteiger partial charge on any atom is -0.492 e. The average Bonchev–Trinajstić information content (AvgIpc) is 3.15. The van der Waals surface area contributed by atoms with Gasteiger partial charge in [-0.2, -0.15) is 0 Å². The van der Waals surface area contributed by atoms with Crippen LogP contribution in [0.3, 0.4) is 0 Å². The molecule has 0 saturated carbocycles. The molecule has 0 bridgehead atoms. The Bertz CT molecular complexity index is 1150. The number of amides is 1. The first kappa shape index (κ1) is 20.7. The predicted molar refractivity (Wildman–Crippen MR) is 123 cm³/mol. The van der Waals surface area contributed by atoms with Crippen LogP contribution in [-0.2, 0) is 24.3 Å². The van der Waals surface area contributed by atoms with Gasteiger partial charge in [0.05, 0.1) is 24.1 Å². The predicted octanol–water partition coefficient (Wildman–Crippen LogP) is 4.67. The summed E-state index contributed by atoms with van der Waals surface area (Å²) in [5.74, 6) is 1.72. The molecule has 0 radical (unpaired) electrons. The number of rotatable bonds is 9. The van der Waals surface area contributed by atoms with Gasteiger partial charge in [0.25, 0.3) is 0 Å². The van der Waals surface area contributed by atoms with Crippen LogP contribution in [0.15, 0.2) is 78.9 Å². The number of fused-ring (bicyclic) bond motifs is 1. The van der Waals surface area contributed by atoms with Crippen molar-refractivity contribution in [1.29, 1.82) is 0 Å². The third-order valence-corrected chi connectivity index (χ3v) is 5.23. The molecular formula is C26H27N3O2. The number of hydrogen-bond donors (Lipinski definition) is 1. The highest BCUT2D eigenvalue weighted by Gasteiger charge is 2.12. The maximum Gasteiger partial charge on any atom is 0.220 e. The van der Waals surface area contributed by atoms with E-state index in [9.17, 15) is 4.79 Å². The van der Waals surface area contributed by atoms with Crippen LogP contribution in [0, 0.1) is 6.92 Å². The Morgan fingerprint density at radius 1 is 1.00 bits per heavy atom. The summed E-state index contributed by atoms with van der Waals surface area (Å²) in [4.78, 5) is 17.1. The van der Waals surface area contributed by atoms with Gasteiger partial charge in [-0.05, 0) is 48.7 Å². The van der Waals surface area contributed by atoms with Crippen molar-refractivity contribution in [2.24, 2.45) is 0 Å². The number of nitrogens with zero attached hydrogens (tertiary/aromatic N) is 2. The number of hydrogen-bond acceptors (Lipinski definition) is 3. The Morgan fingerprint density at radius 3 is 2.65 bits per heavy atom. The summed E-state index contributed by atoms with van der Waals surface area (Å²) in [6.45, 7) is 3.63. The van der Waals surface area contributed by atoms with Gasteiger partial charge in [-0.15, -0.1) is 0 Å². The molecular weight excluding hydrogens is 386 g/mol. The van der Waals surface area contributed by atoms with Crippen LogP contribution in [0.1, 0.15) is 23.4 Å². The molecule has 1 aromatic heterocycles. The minimum atomic E-state index is 0.0264. The maximum atomic E-state index is 12.4. The second kappa shape index (κ2) is 9.94. The zero-order valence-electron chi connectivity index (χ0n) is 17.8. The lowest BCUT2D eigenvalue weighted by molar-refractivity contribution is -0.121. The summed E-state index contributed by atoms with van der Waals surface area (Å²) in [5.41, 5.74) is 4.30. The number of para-hydroxylation sites is 2. The van der Waals surface area contributed by atoms with E-state index in [2.05, 4.69) is 28.9 Å². The Balaban J connectivity index is 1.39. The highest BCUT2D eigenvalue weighted by atomic mass is 16.5. The number of benzene rings is 3. The molecule has 158 valence electrons. The summed E-state index contributed by atoms with van der Waals surface area (Å²) >= 11 is 0. The van der Waals surface area contributed by atoms with Crippen LogP contribution in [0.2, 0.25) is 0 Å². The highest BCUT2D eigenvalue weighted by Crippen LogP contribution is 2.17. The van der Waals surface area contributed by atoms with Gasteiger partial charge >= 0.3 is 0 Å². The molecule has 5 heteroatoms. The van der Waals surface area contributed by atoms with Crippen molar-refractivity contribution in [2.75, 3.05) is 6.61 Å². The molecule has 0 saturated heterocycles. The van der Waals surface area contributed by atoms with Crippen molar-refractivity contribution in [3.63, 3.8) is 0 Å². The van der Waals surface area contributed by atoms with E-state index in [1.54, 1.807) is 0 Å². The number of aromatic nitrogens is 2. The largest absolute Gasteiger partial charge is 0.492 e. The van der Waals surface area contributed by atoms with Crippen LogP contribution in [-0.4, -0.2) is 22.1 Å². The summed E-state index contributed by atoms with van der Waals surface area (Å²) in [7, 11) is 0. The first-order chi connectivity index (χ1) is 15.2. The monoisotopic (exact) mass is 413 g/mol. The molecule has 31 heavy (non-hydrogen) atoms. The van der Waals surface area contributed by atoms with Crippen molar-refractivity contribution in [2.45, 2.75) is 32.9 Å². The van der Waals surface area contributed by atoms with Gasteiger partial charge in [0.2, 0.25) is 5.91 Å². The Hall–Kier alpha value is -3.60. The van der Waals surface area contributed by atoms with Crippen LogP contribution < -0.4 is 10.1 Å². The fourth-order valence-corrected chi connectivity index (χ4v) is 3.64. The summed E-state index contributed by atoms with van der Waals surface area (Å²) in [6.07, 6.45) is 1.19. The molecule has 0 aliphatic rings. The fraction of sp³-hybridized carbons (Fsp3) is 0.231. The van der Waals surface area contributed by atoms with E-state index in [1.807, 2.05) is 66.7 Å². The van der Waals surface area contributed by atoms with E-state index >= 15 is 0 Å². The molecule has 0 aliphatic carbocycles. The number of ether oxygens (including phenoxy) is 1. The Labute approximate surface area is 182 Å². The quantitative estimate of drug-likeness (QED) is 0.434. The maximum absolute atomic E-state index is 12.4. The molecule has 1 N–H and O–H groups in total. The highest BCUT2D eigenvalue weighted by molar-refractivity contribution is 5.77. The second-order valence-electron chi connectivity index (χ2n) is 7.60. The standard InChI is InChI=1S/C26H27N3O2/c1-20-8-7-11-22(18-20)31-17-16-29-24-13-6-5-12-23(24)28-25(29)19-27-26(30)15-14-21-9-3-2-4-10-21/h2-13,18H,14-17,19H2,1H3,(H,27,30). The van der Waals surface area contributed by atoms with Gasteiger partial charge in [-0.1, -0.05) is 54.6 Å². The van der Waals surface area contributed by atoms with Crippen molar-refractivity contribution >= 4 is 16.9 Å². The lowest BCUT2D eigenvalue weighted by atomic mass is 10.1. The lowest BCUT2D eigenvalue weighted by Gasteiger charge is -2.12. The molecule has 5 nitrogen and oxygen atoms in total. The number of aryl methyl sites for hydroxylation is 2. The summed E-state index contributed by atoms with van der Waals surface area (Å²) in [6, 6.07) is 26.1. The van der Waals surface area contributed by atoms with Gasteiger partial charge < -0.3 is 14.6 Å². The molecule has 0 unspecified atom stereocenters. The van der Waals surface area contributed by atoms with Crippen molar-refractivity contribution in [1.82, 2.24) is 14.9 Å². The van der Waals surface area contributed by atoms with Crippen LogP contribution in [0.4, 0.5) is 0 Å². The molecule has 1 heterocycles. The zero-order chi connectivity index (χ0) is 21.5. The van der Waals surface area contributed by atoms with E-state index in [0.717, 1.165) is 34.6 Å². The molecule has 1 amide bonds. The first-order valence-electron chi connectivity index (χ1n) is 10.6. The van der Waals surface area contributed by atoms with Crippen molar-refractivity contribution in [3.8, 4) is 5.75 Å². The van der Waals surface area contributed by atoms with E-state index in [-0.39, 0.29) is 5.91 Å². The minimum absolute atomic E-state index is 0.0264. The number of carbonyl (C=O) groups is 1. The van der Waals surface area contributed by atoms with Gasteiger partial charge in [0.15, 0.2) is 0 Å². The molecule has 0 spiro atoms. The summed E-state index contributed by atoms with van der Waals surface area (Å²) < 4.78 is 8.07. The van der Waals surface area contributed by atoms with E-state index in [0.29, 0.717) is 26.1 Å². The van der Waals surface area contributed by atoms with Crippen LogP contribution >= 0.6 is 0 Å². The molecule has 0 atom stereocenters. The molecule has 4 rings (SSSR count). The molecule has 3 aromatic carbocycles. The van der Waals surface area contributed by atoms with Gasteiger partial charge in [0, 0.05) is 6.42 Å². The second-order valence-corrected chi connectivity index (χ2v) is 7.60. The van der Waals surface area contributed by atoms with E-state index in [4.69, 9.17) is 9.72 Å². The van der Waals surface area contributed by atoms with Gasteiger partial charge in [-0.25, -0.2) is 4.98 Å². The molecule has 0 aliphatic heterocycles. The van der Waals surface area contributed by atoms with Crippen LogP contribution in [0.5, 0.6) is 5.75 Å². The van der Waals surface area contributed by atoms with Crippen molar-refractivity contribution in [3.05, 3.63) is 95.8 Å². The fourth-order valence-electron chi connectivity index (χ4n) is 3.64. The SMILES string of the molecule is Cc1cccc(OCCn2c(CNC(=O)CCc3ccccc3)nc3ccccc32)c1. The Kier molecular flexibility index (Phi) is 6.62. The topological polar surface area (TPSA) is 56.1 Å². The third kappa shape index (κ3) is 5.51. The first-order valence-corrected chi connectivity index (χ1v) is 10.6. The smallest absolute Gasteiger partial charge is 0.220 e. The number of imidazole rings is 1. The normalized spacial score (nSPS) is 10.9. The third-order valence-electron chi connectivity index (χ3n) is 5.23. The van der Waals surface area contributed by atoms with E-state index in [1.165, 1.54) is 5.56 Å². The van der Waals surface area contributed by atoms with Crippen LogP contribution in [0.25, 0.3) is 11.0 Å². The van der Waals surface area contributed by atoms with Gasteiger partial charge in [0.1, 0.15) is 18.2 Å². The summed E-state index contributed by atoms with van der Waals surface area (Å²) in [5, 5.41) is 3.02. The number of carbonyl (C=O) groups excluding carboxylic acids is 1. The average molecular weight is 414 g/mol. The van der Waals surface area contributed by atoms with E-state index < -0.39 is 0 Å².